The molecule has 0 unspecified atom stereocenters. The zero-order chi connectivity index (χ0) is 66.2. The van der Waals surface area contributed by atoms with Crippen molar-refractivity contribution in [1.29, 1.82) is 0 Å². The van der Waals surface area contributed by atoms with Gasteiger partial charge in [-0.1, -0.05) is 93.1 Å². The standard InChI is InChI=1S/C61H77N11O18/c1-4-32(2)51(59(87)65-42(61(89)90)22-23-50(79)80)71-56(84)46(27-37-29-63-41-13-9-8-12-40(37)41)67-53(81)44(26-36-16-20-39(77)21-17-36)66-57(85)47(30-73)70-58(86)48(31-74)69-54(82)45(24-34-10-6-5-7-11-34)68-60(88)52(33(3)75)72-55(83)43(64-49(78)28-62)25-35-14-18-38(76)19-15-35/h5-21,29,32-33,42-48,51-52,63,73-77H,4,22-28,30-31,62H2,1-3H3,(H,64,78)(H,65,87)(H,66,85)(H,67,81)(H,68,88)(H,69,82)(H,70,86)(H,71,84)(H,72,83)(H,79,80)(H,89,90)/t32-,33+,42-,43-,44-,45-,46-,47-,48-,51-,52-/m0/s1. The van der Waals surface area contributed by atoms with Gasteiger partial charge in [0.25, 0.3) is 0 Å². The van der Waals surface area contributed by atoms with E-state index in [-0.39, 0.29) is 43.6 Å². The first-order valence-electron chi connectivity index (χ1n) is 28.8. The molecule has 90 heavy (non-hydrogen) atoms. The molecule has 5 aromatic rings. The van der Waals surface area contributed by atoms with Crippen LogP contribution in [0.2, 0.25) is 0 Å². The first kappa shape index (κ1) is 70.8. The number of aliphatic carboxylic acids is 2. The van der Waals surface area contributed by atoms with Crippen molar-refractivity contribution in [2.24, 2.45) is 11.7 Å². The van der Waals surface area contributed by atoms with E-state index in [2.05, 4.69) is 52.8 Å². The molecule has 0 saturated heterocycles. The number of hydrogen-bond acceptors (Lipinski definition) is 17. The molecule has 484 valence electrons. The molecule has 9 amide bonds. The Bertz CT molecular complexity index is 3290. The number of aromatic amines is 1. The van der Waals surface area contributed by atoms with Gasteiger partial charge in [0, 0.05) is 49.2 Å². The van der Waals surface area contributed by atoms with Gasteiger partial charge >= 0.3 is 11.9 Å². The highest BCUT2D eigenvalue weighted by Crippen LogP contribution is 2.21. The molecule has 0 saturated carbocycles. The summed E-state index contributed by atoms with van der Waals surface area (Å²) in [6.45, 7) is 1.67. The number of aromatic hydroxyl groups is 2. The molecule has 11 atom stereocenters. The second kappa shape index (κ2) is 34.5. The molecule has 0 aliphatic carbocycles. The van der Waals surface area contributed by atoms with Crippen LogP contribution in [0.15, 0.2) is 109 Å². The smallest absolute Gasteiger partial charge is 0.326 e. The number of phenols is 2. The predicted octanol–water partition coefficient (Wildman–Crippen LogP) is -2.47. The SMILES string of the molecule is CC[C@H](C)[C@H](NC(=O)[C@H](Cc1c[nH]c2ccccc12)NC(=O)[C@H](Cc1ccc(O)cc1)NC(=O)[C@H](CO)NC(=O)[C@H](CO)NC(=O)[C@H](Cc1ccccc1)NC(=O)[C@@H](NC(=O)[C@H](Cc1ccc(O)cc1)NC(=O)CN)[C@@H](C)O)C(=O)N[C@@H](CCC(=O)O)C(=O)O. The van der Waals surface area contributed by atoms with E-state index in [1.54, 1.807) is 74.6 Å². The minimum Gasteiger partial charge on any atom is -0.508 e. The van der Waals surface area contributed by atoms with Crippen molar-refractivity contribution in [3.63, 3.8) is 0 Å². The largest absolute Gasteiger partial charge is 0.508 e. The Morgan fingerprint density at radius 2 is 0.878 bits per heavy atom. The van der Waals surface area contributed by atoms with E-state index >= 15 is 0 Å². The number of nitrogens with one attached hydrogen (secondary N) is 10. The number of aliphatic hydroxyl groups excluding tert-OH is 3. The zero-order valence-corrected chi connectivity index (χ0v) is 49.5. The molecular formula is C61H77N11O18. The number of benzene rings is 4. The van der Waals surface area contributed by atoms with Gasteiger partial charge in [0.2, 0.25) is 53.2 Å². The number of phenolic OH excluding ortho intramolecular Hbond substituents is 2. The van der Waals surface area contributed by atoms with E-state index in [0.717, 1.165) is 0 Å². The number of carbonyl (C=O) groups excluding carboxylic acids is 9. The van der Waals surface area contributed by atoms with Crippen LogP contribution >= 0.6 is 0 Å². The second-order valence-electron chi connectivity index (χ2n) is 21.4. The van der Waals surface area contributed by atoms with Gasteiger partial charge in [0.1, 0.15) is 65.9 Å². The van der Waals surface area contributed by atoms with E-state index in [1.165, 1.54) is 55.5 Å². The van der Waals surface area contributed by atoms with Crippen molar-refractivity contribution in [3.05, 3.63) is 132 Å². The monoisotopic (exact) mass is 1250 g/mol. The maximum Gasteiger partial charge on any atom is 0.326 e. The van der Waals surface area contributed by atoms with Crippen molar-refractivity contribution in [1.82, 2.24) is 52.8 Å². The van der Waals surface area contributed by atoms with Gasteiger partial charge in [0.15, 0.2) is 0 Å². The molecule has 0 fully saturated rings. The molecule has 0 aliphatic rings. The lowest BCUT2D eigenvalue weighted by Gasteiger charge is -2.29. The molecule has 29 nitrogen and oxygen atoms in total. The molecule has 29 heteroatoms. The second-order valence-corrected chi connectivity index (χ2v) is 21.4. The highest BCUT2D eigenvalue weighted by atomic mass is 16.4. The quantitative estimate of drug-likeness (QED) is 0.0200. The van der Waals surface area contributed by atoms with Gasteiger partial charge in [-0.15, -0.1) is 0 Å². The number of nitrogens with two attached hydrogens (primary N) is 1. The molecule has 4 aromatic carbocycles. The van der Waals surface area contributed by atoms with Crippen molar-refractivity contribution in [2.75, 3.05) is 19.8 Å². The van der Waals surface area contributed by atoms with Crippen LogP contribution in [0.5, 0.6) is 11.5 Å². The van der Waals surface area contributed by atoms with Crippen LogP contribution in [-0.4, -0.2) is 186 Å². The van der Waals surface area contributed by atoms with Crippen LogP contribution in [0, 0.1) is 5.92 Å². The number of aromatic nitrogens is 1. The highest BCUT2D eigenvalue weighted by molar-refractivity contribution is 5.99. The summed E-state index contributed by atoms with van der Waals surface area (Å²) in [6, 6.07) is 11.3. The summed E-state index contributed by atoms with van der Waals surface area (Å²) in [5, 5.41) is 93.2. The van der Waals surface area contributed by atoms with Crippen molar-refractivity contribution in [3.8, 4) is 11.5 Å². The van der Waals surface area contributed by atoms with Crippen LogP contribution in [-0.2, 0) is 78.4 Å². The molecule has 0 spiro atoms. The minimum absolute atomic E-state index is 0.0721. The topological polar surface area (TPSA) is 479 Å². The predicted molar refractivity (Wildman–Crippen MR) is 322 cm³/mol. The van der Waals surface area contributed by atoms with Crippen molar-refractivity contribution >= 4 is 76.0 Å². The summed E-state index contributed by atoms with van der Waals surface area (Å²) in [6.07, 6.45) is -1.87. The number of carbonyl (C=O) groups is 11. The van der Waals surface area contributed by atoms with Gasteiger partial charge in [-0.2, -0.15) is 0 Å². The minimum atomic E-state index is -1.92. The fourth-order valence-corrected chi connectivity index (χ4v) is 9.34. The maximum atomic E-state index is 14.7. The third-order valence-corrected chi connectivity index (χ3v) is 14.6. The summed E-state index contributed by atoms with van der Waals surface area (Å²) in [4.78, 5) is 152. The average molecular weight is 1250 g/mol. The third-order valence-electron chi connectivity index (χ3n) is 14.6. The van der Waals surface area contributed by atoms with Gasteiger partial charge in [0.05, 0.1) is 25.9 Å². The van der Waals surface area contributed by atoms with E-state index in [9.17, 15) is 88.5 Å². The number of H-pyrrole nitrogens is 1. The lowest BCUT2D eigenvalue weighted by atomic mass is 9.96. The average Bonchev–Trinajstić information content (AvgIpc) is 1.72. The van der Waals surface area contributed by atoms with E-state index < -0.39 is 164 Å². The van der Waals surface area contributed by atoms with Crippen LogP contribution in [0.3, 0.4) is 0 Å². The Kier molecular flexibility index (Phi) is 27.2. The Hall–Kier alpha value is -9.97. The van der Waals surface area contributed by atoms with Gasteiger partial charge in [-0.25, -0.2) is 4.79 Å². The lowest BCUT2D eigenvalue weighted by molar-refractivity contribution is -0.144. The molecule has 1 heterocycles. The summed E-state index contributed by atoms with van der Waals surface area (Å²) in [5.74, 6) is -13.0. The lowest BCUT2D eigenvalue weighted by Crippen LogP contribution is -2.62. The molecule has 5 rings (SSSR count). The van der Waals surface area contributed by atoms with Crippen LogP contribution in [0.25, 0.3) is 10.9 Å². The molecule has 19 N–H and O–H groups in total. The van der Waals surface area contributed by atoms with Gasteiger partial charge < -0.3 is 94.3 Å². The Balaban J connectivity index is 1.38. The summed E-state index contributed by atoms with van der Waals surface area (Å²) in [5.41, 5.74) is 7.94. The number of rotatable bonds is 35. The highest BCUT2D eigenvalue weighted by Gasteiger charge is 2.37. The number of aliphatic hydroxyl groups is 3. The first-order valence-corrected chi connectivity index (χ1v) is 28.8. The zero-order valence-electron chi connectivity index (χ0n) is 49.5. The van der Waals surface area contributed by atoms with Crippen LogP contribution < -0.4 is 53.6 Å². The number of hydrogen-bond donors (Lipinski definition) is 18. The number of amides is 9. The number of carboxylic acids is 2. The van der Waals surface area contributed by atoms with Crippen molar-refractivity contribution in [2.45, 2.75) is 126 Å². The molecular weight excluding hydrogens is 1170 g/mol. The van der Waals surface area contributed by atoms with Crippen LogP contribution in [0.1, 0.15) is 62.3 Å². The van der Waals surface area contributed by atoms with Crippen LogP contribution in [0.4, 0.5) is 0 Å². The first-order chi connectivity index (χ1) is 42.8. The van der Waals surface area contributed by atoms with Gasteiger partial charge in [-0.3, -0.25) is 47.9 Å². The summed E-state index contributed by atoms with van der Waals surface area (Å²) in [7, 11) is 0. The fourth-order valence-electron chi connectivity index (χ4n) is 9.34. The number of carboxylic acid groups (broad SMARTS) is 2. The van der Waals surface area contributed by atoms with Gasteiger partial charge in [-0.05, 0) is 71.8 Å². The molecule has 0 aliphatic heterocycles. The summed E-state index contributed by atoms with van der Waals surface area (Å²) >= 11 is 0. The Morgan fingerprint density at radius 3 is 1.34 bits per heavy atom. The Labute approximate surface area is 516 Å². The molecule has 1 aromatic heterocycles. The summed E-state index contributed by atoms with van der Waals surface area (Å²) < 4.78 is 0. The fraction of sp³-hybridized carbons (Fsp3) is 0.393. The maximum absolute atomic E-state index is 14.7. The van der Waals surface area contributed by atoms with E-state index in [0.29, 0.717) is 33.2 Å². The Morgan fingerprint density at radius 1 is 0.478 bits per heavy atom. The van der Waals surface area contributed by atoms with E-state index in [1.807, 2.05) is 0 Å². The third kappa shape index (κ3) is 21.4. The number of fused-ring (bicyclic) bond motifs is 1. The molecule has 0 bridgehead atoms. The normalized spacial score (nSPS) is 14.8. The van der Waals surface area contributed by atoms with E-state index in [4.69, 9.17) is 5.73 Å². The molecule has 0 radical (unpaired) electrons. The van der Waals surface area contributed by atoms with Crippen molar-refractivity contribution < 1.29 is 88.5 Å². The number of para-hydroxylation sites is 1.